The average molecular weight is 511 g/mol. The fourth-order valence-electron chi connectivity index (χ4n) is 4.02. The second-order valence-electron chi connectivity index (χ2n) is 8.47. The molecule has 3 aromatic rings. The molecule has 182 valence electrons. The second kappa shape index (κ2) is 10.7. The Kier molecular flexibility index (Phi) is 7.66. The average Bonchev–Trinajstić information content (AvgIpc) is 3.09. The van der Waals surface area contributed by atoms with E-state index >= 15 is 0 Å². The Bertz CT molecular complexity index is 1360. The van der Waals surface area contributed by atoms with Gasteiger partial charge in [0.15, 0.2) is 0 Å². The molecule has 35 heavy (non-hydrogen) atoms. The van der Waals surface area contributed by atoms with Gasteiger partial charge in [0, 0.05) is 19.3 Å². The van der Waals surface area contributed by atoms with Gasteiger partial charge in [0.2, 0.25) is 0 Å². The molecule has 1 aliphatic heterocycles. The summed E-state index contributed by atoms with van der Waals surface area (Å²) in [5, 5.41) is 0. The first kappa shape index (κ1) is 25.1. The number of benzene rings is 1. The van der Waals surface area contributed by atoms with E-state index in [0.29, 0.717) is 26.3 Å². The number of rotatable bonds is 8. The maximum Gasteiger partial charge on any atom is 0.267 e. The van der Waals surface area contributed by atoms with Crippen molar-refractivity contribution in [2.45, 2.75) is 40.2 Å². The molecule has 0 atom stereocenters. The third-order valence-corrected chi connectivity index (χ3v) is 7.05. The van der Waals surface area contributed by atoms with E-state index in [2.05, 4.69) is 18.7 Å². The first-order chi connectivity index (χ1) is 16.8. The molecule has 1 amide bonds. The van der Waals surface area contributed by atoms with Crippen LogP contribution in [0.3, 0.4) is 0 Å². The summed E-state index contributed by atoms with van der Waals surface area (Å²) in [6.07, 6.45) is 5.18. The van der Waals surface area contributed by atoms with E-state index in [0.717, 1.165) is 48.8 Å². The van der Waals surface area contributed by atoms with Gasteiger partial charge in [-0.15, -0.1) is 0 Å². The Morgan fingerprint density at radius 1 is 1.09 bits per heavy atom. The van der Waals surface area contributed by atoms with Gasteiger partial charge in [-0.05, 0) is 55.2 Å². The summed E-state index contributed by atoms with van der Waals surface area (Å²) in [5.41, 5.74) is 2.41. The number of hydrogen-bond acceptors (Lipinski definition) is 6. The molecule has 9 heteroatoms. The molecule has 0 radical (unpaired) electrons. The molecular formula is C26H27FN4O2S2. The van der Waals surface area contributed by atoms with Gasteiger partial charge in [-0.2, -0.15) is 0 Å². The predicted octanol–water partition coefficient (Wildman–Crippen LogP) is 5.17. The number of thiocarbonyl (C=S) groups is 1. The van der Waals surface area contributed by atoms with Crippen molar-refractivity contribution in [1.29, 1.82) is 0 Å². The highest BCUT2D eigenvalue weighted by atomic mass is 32.2. The molecular weight excluding hydrogens is 483 g/mol. The minimum atomic E-state index is -0.338. The van der Waals surface area contributed by atoms with Crippen molar-refractivity contribution < 1.29 is 9.18 Å². The minimum absolute atomic E-state index is 0.227. The lowest BCUT2D eigenvalue weighted by molar-refractivity contribution is -0.122. The third-order valence-electron chi connectivity index (χ3n) is 5.67. The Morgan fingerprint density at radius 3 is 2.43 bits per heavy atom. The van der Waals surface area contributed by atoms with Gasteiger partial charge in [-0.25, -0.2) is 9.37 Å². The summed E-state index contributed by atoms with van der Waals surface area (Å²) < 4.78 is 15.2. The minimum Gasteiger partial charge on any atom is -0.356 e. The van der Waals surface area contributed by atoms with Crippen molar-refractivity contribution in [1.82, 2.24) is 14.3 Å². The van der Waals surface area contributed by atoms with Crippen molar-refractivity contribution in [3.05, 3.63) is 80.4 Å². The van der Waals surface area contributed by atoms with E-state index in [4.69, 9.17) is 17.2 Å². The molecule has 0 unspecified atom stereocenters. The number of pyridine rings is 1. The predicted molar refractivity (Wildman–Crippen MR) is 144 cm³/mol. The van der Waals surface area contributed by atoms with Crippen molar-refractivity contribution in [3.8, 4) is 0 Å². The fraction of sp³-hybridized carbons (Fsp3) is 0.308. The Labute approximate surface area is 213 Å². The van der Waals surface area contributed by atoms with Gasteiger partial charge in [-0.3, -0.25) is 18.9 Å². The van der Waals surface area contributed by atoms with Crippen LogP contribution >= 0.6 is 24.0 Å². The van der Waals surface area contributed by atoms with Crippen LogP contribution < -0.4 is 10.5 Å². The maximum atomic E-state index is 13.6. The summed E-state index contributed by atoms with van der Waals surface area (Å²) in [6, 6.07) is 9.73. The molecule has 2 aromatic heterocycles. The molecule has 0 bridgehead atoms. The number of aromatic nitrogens is 2. The summed E-state index contributed by atoms with van der Waals surface area (Å²) in [6.45, 7) is 7.81. The molecule has 3 heterocycles. The first-order valence-electron chi connectivity index (χ1n) is 11.6. The number of halogens is 1. The lowest BCUT2D eigenvalue weighted by atomic mass is 10.2. The van der Waals surface area contributed by atoms with Gasteiger partial charge in [0.1, 0.15) is 21.6 Å². The molecule has 4 rings (SSSR count). The van der Waals surface area contributed by atoms with Gasteiger partial charge in [0.05, 0.1) is 17.0 Å². The Morgan fingerprint density at radius 2 is 1.77 bits per heavy atom. The van der Waals surface area contributed by atoms with E-state index in [1.54, 1.807) is 24.4 Å². The monoisotopic (exact) mass is 510 g/mol. The van der Waals surface area contributed by atoms with E-state index in [1.807, 2.05) is 19.1 Å². The SMILES string of the molecule is CCCN(CCC)c1nc2ccc(C)cn2c(=O)c1C=C1SC(=S)N(Cc2ccc(F)cc2)C1=O. The van der Waals surface area contributed by atoms with Crippen molar-refractivity contribution in [2.24, 2.45) is 0 Å². The Balaban J connectivity index is 1.79. The number of amides is 1. The van der Waals surface area contributed by atoms with E-state index in [1.165, 1.54) is 21.4 Å². The van der Waals surface area contributed by atoms with Crippen LogP contribution in [0.4, 0.5) is 10.2 Å². The number of nitrogens with zero attached hydrogens (tertiary/aromatic N) is 4. The molecule has 1 saturated heterocycles. The lowest BCUT2D eigenvalue weighted by Gasteiger charge is -2.24. The molecule has 1 aliphatic rings. The van der Waals surface area contributed by atoms with Crippen LogP contribution in [0, 0.1) is 12.7 Å². The quantitative estimate of drug-likeness (QED) is 0.308. The largest absolute Gasteiger partial charge is 0.356 e. The molecule has 0 N–H and O–H groups in total. The number of thioether (sulfide) groups is 1. The van der Waals surface area contributed by atoms with E-state index in [9.17, 15) is 14.0 Å². The van der Waals surface area contributed by atoms with Crippen LogP contribution in [0.5, 0.6) is 0 Å². The first-order valence-corrected chi connectivity index (χ1v) is 12.8. The number of fused-ring (bicyclic) bond motifs is 1. The van der Waals surface area contributed by atoms with Gasteiger partial charge in [-0.1, -0.05) is 56.0 Å². The van der Waals surface area contributed by atoms with E-state index in [-0.39, 0.29) is 23.8 Å². The molecule has 1 aromatic carbocycles. The van der Waals surface area contributed by atoms with Gasteiger partial charge in [0.25, 0.3) is 11.5 Å². The fourth-order valence-corrected chi connectivity index (χ4v) is 5.25. The second-order valence-corrected chi connectivity index (χ2v) is 10.1. The number of hydrogen-bond donors (Lipinski definition) is 0. The highest BCUT2D eigenvalue weighted by Gasteiger charge is 2.33. The maximum absolute atomic E-state index is 13.6. The number of carbonyl (C=O) groups is 1. The zero-order valence-electron chi connectivity index (χ0n) is 20.0. The molecule has 1 fully saturated rings. The molecule has 6 nitrogen and oxygen atoms in total. The molecule has 0 saturated carbocycles. The third kappa shape index (κ3) is 5.31. The standard InChI is InChI=1S/C26H27FN4O2S2/c1-4-12-29(13-5-2)23-20(24(32)30-15-17(3)6-11-22(30)28-23)14-21-25(33)31(26(34)35-21)16-18-7-9-19(27)10-8-18/h6-11,14-15H,4-5,12-13,16H2,1-3H3. The van der Waals surface area contributed by atoms with Crippen LogP contribution in [-0.4, -0.2) is 37.6 Å². The lowest BCUT2D eigenvalue weighted by Crippen LogP contribution is -2.31. The van der Waals surface area contributed by atoms with Gasteiger partial charge >= 0.3 is 0 Å². The smallest absolute Gasteiger partial charge is 0.267 e. The van der Waals surface area contributed by atoms with Crippen LogP contribution in [-0.2, 0) is 11.3 Å². The van der Waals surface area contributed by atoms with Gasteiger partial charge < -0.3 is 4.90 Å². The number of aryl methyl sites for hydroxylation is 1. The summed E-state index contributed by atoms with van der Waals surface area (Å²) >= 11 is 6.64. The van der Waals surface area contributed by atoms with Crippen molar-refractivity contribution in [3.63, 3.8) is 0 Å². The summed E-state index contributed by atoms with van der Waals surface area (Å²) in [7, 11) is 0. The number of carbonyl (C=O) groups excluding carboxylic acids is 1. The summed E-state index contributed by atoms with van der Waals surface area (Å²) in [5.74, 6) is -0.0392. The van der Waals surface area contributed by atoms with Crippen molar-refractivity contribution in [2.75, 3.05) is 18.0 Å². The van der Waals surface area contributed by atoms with Crippen LogP contribution in [0.15, 0.2) is 52.3 Å². The summed E-state index contributed by atoms with van der Waals surface area (Å²) in [4.78, 5) is 35.7. The molecule has 0 spiro atoms. The Hall–Kier alpha value is -3.04. The highest BCUT2D eigenvalue weighted by molar-refractivity contribution is 8.26. The van der Waals surface area contributed by atoms with Crippen LogP contribution in [0.2, 0.25) is 0 Å². The zero-order chi connectivity index (χ0) is 25.1. The zero-order valence-corrected chi connectivity index (χ0v) is 21.6. The number of anilines is 1. The van der Waals surface area contributed by atoms with E-state index < -0.39 is 0 Å². The highest BCUT2D eigenvalue weighted by Crippen LogP contribution is 2.34. The topological polar surface area (TPSA) is 57.9 Å². The van der Waals surface area contributed by atoms with Crippen LogP contribution in [0.1, 0.15) is 43.4 Å². The normalized spacial score (nSPS) is 15.0. The van der Waals surface area contributed by atoms with Crippen molar-refractivity contribution >= 4 is 51.7 Å². The van der Waals surface area contributed by atoms with Crippen LogP contribution in [0.25, 0.3) is 11.7 Å². The molecule has 0 aliphatic carbocycles.